The summed E-state index contributed by atoms with van der Waals surface area (Å²) in [6.45, 7) is 9.73. The van der Waals surface area contributed by atoms with Crippen LogP contribution in [0.4, 0.5) is 17.1 Å². The zero-order chi connectivity index (χ0) is 36.2. The molecule has 6 aromatic carbocycles. The van der Waals surface area contributed by atoms with Crippen molar-refractivity contribution in [2.75, 3.05) is 4.90 Å². The first-order valence-electron chi connectivity index (χ1n) is 20.6. The minimum absolute atomic E-state index is 0.0348. The highest BCUT2D eigenvalue weighted by atomic mass is 16.5. The van der Waals surface area contributed by atoms with Gasteiger partial charge in [0, 0.05) is 33.3 Å². The van der Waals surface area contributed by atoms with E-state index >= 15 is 0 Å². The van der Waals surface area contributed by atoms with E-state index in [-0.39, 0.29) is 16.2 Å². The molecular formula is C52H49NO. The smallest absolute Gasteiger partial charge is 0.131 e. The number of hydrogen-bond donors (Lipinski definition) is 0. The van der Waals surface area contributed by atoms with Crippen LogP contribution < -0.4 is 9.64 Å². The maximum atomic E-state index is 6.84. The summed E-state index contributed by atoms with van der Waals surface area (Å²) in [6.07, 6.45) is 8.10. The van der Waals surface area contributed by atoms with Crippen molar-refractivity contribution in [1.82, 2.24) is 0 Å². The van der Waals surface area contributed by atoms with Gasteiger partial charge in [-0.1, -0.05) is 113 Å². The first kappa shape index (κ1) is 31.5. The average Bonchev–Trinajstić information content (AvgIpc) is 3.72. The number of rotatable bonds is 4. The zero-order valence-electron chi connectivity index (χ0n) is 32.0. The molecule has 0 amide bonds. The Hall–Kier alpha value is -4.82. The predicted molar refractivity (Wildman–Crippen MR) is 222 cm³/mol. The van der Waals surface area contributed by atoms with Crippen LogP contribution in [0, 0.1) is 29.1 Å². The van der Waals surface area contributed by atoms with Crippen LogP contribution in [0.25, 0.3) is 21.9 Å². The van der Waals surface area contributed by atoms with Crippen LogP contribution in [-0.2, 0) is 16.2 Å². The number of ether oxygens (including phenoxy) is 1. The van der Waals surface area contributed by atoms with Crippen LogP contribution in [0.3, 0.4) is 0 Å². The number of fused-ring (bicyclic) bond motifs is 9. The van der Waals surface area contributed by atoms with Crippen molar-refractivity contribution in [3.63, 3.8) is 0 Å². The van der Waals surface area contributed by atoms with Gasteiger partial charge in [0.15, 0.2) is 0 Å². The predicted octanol–water partition coefficient (Wildman–Crippen LogP) is 13.8. The molecule has 0 aromatic heterocycles. The molecule has 268 valence electrons. The lowest BCUT2D eigenvalue weighted by atomic mass is 9.26. The van der Waals surface area contributed by atoms with E-state index in [2.05, 4.69) is 160 Å². The quantitative estimate of drug-likeness (QED) is 0.181. The molecule has 0 saturated heterocycles. The SMILES string of the molecule is CC1(C)CCC(C)(C)c2c(-c3ccc(N(c4ccc5c(c4)C4(c6ccccc6O5)C5CC6CC7CC4C75C6)c4cccc5ccccc45)cc3)cccc21. The van der Waals surface area contributed by atoms with Crippen molar-refractivity contribution in [1.29, 1.82) is 0 Å². The third-order valence-corrected chi connectivity index (χ3v) is 16.0. The molecule has 1 aliphatic heterocycles. The van der Waals surface area contributed by atoms with E-state index in [1.165, 1.54) is 99.7 Å². The van der Waals surface area contributed by atoms with Crippen molar-refractivity contribution in [2.45, 2.75) is 82.5 Å². The summed E-state index contributed by atoms with van der Waals surface area (Å²) in [6, 6.07) is 48.3. The summed E-state index contributed by atoms with van der Waals surface area (Å²) < 4.78 is 6.84. The lowest BCUT2D eigenvalue weighted by Crippen LogP contribution is -2.74. The number of nitrogens with zero attached hydrogens (tertiary/aromatic N) is 1. The summed E-state index contributed by atoms with van der Waals surface area (Å²) in [5.41, 5.74) is 13.1. The van der Waals surface area contributed by atoms with Gasteiger partial charge in [0.05, 0.1) is 5.69 Å². The number of benzene rings is 6. The molecule has 0 N–H and O–H groups in total. The standard InChI is InChI=1S/C52H49NO/c1-49(2)25-26-50(3,4)48-39(14-10-16-41(48)49)34-19-21-36(22-20-34)53(43-17-9-12-33-11-5-6-13-38(33)43)37-23-24-45-42(30-37)52(40-15-7-8-18-44(40)54-45)46-28-32-27-35-29-47(52)51(35,46)31-32/h5-24,30,32,35,46-47H,25-29,31H2,1-4H3. The first-order chi connectivity index (χ1) is 26.2. The van der Waals surface area contributed by atoms with Gasteiger partial charge in [-0.15, -0.1) is 0 Å². The van der Waals surface area contributed by atoms with Gasteiger partial charge in [-0.2, -0.15) is 0 Å². The molecule has 12 rings (SSSR count). The van der Waals surface area contributed by atoms with Gasteiger partial charge in [-0.3, -0.25) is 0 Å². The Kier molecular flexibility index (Phi) is 6.12. The molecule has 2 bridgehead atoms. The summed E-state index contributed by atoms with van der Waals surface area (Å²) in [7, 11) is 0. The summed E-state index contributed by atoms with van der Waals surface area (Å²) in [5.74, 6) is 5.41. The van der Waals surface area contributed by atoms with Crippen molar-refractivity contribution in [2.24, 2.45) is 29.1 Å². The van der Waals surface area contributed by atoms with Crippen molar-refractivity contribution < 1.29 is 4.74 Å². The van der Waals surface area contributed by atoms with Gasteiger partial charge < -0.3 is 9.64 Å². The monoisotopic (exact) mass is 703 g/mol. The second-order valence-corrected chi connectivity index (χ2v) is 19.2. The van der Waals surface area contributed by atoms with Crippen LogP contribution in [0.5, 0.6) is 11.5 Å². The molecule has 54 heavy (non-hydrogen) atoms. The highest BCUT2D eigenvalue weighted by Gasteiger charge is 2.84. The van der Waals surface area contributed by atoms with E-state index in [4.69, 9.17) is 4.74 Å². The molecular weight excluding hydrogens is 655 g/mol. The van der Waals surface area contributed by atoms with Gasteiger partial charge in [0.1, 0.15) is 11.5 Å². The van der Waals surface area contributed by atoms with Crippen LogP contribution in [0.1, 0.15) is 88.5 Å². The highest BCUT2D eigenvalue weighted by Crippen LogP contribution is 2.89. The molecule has 2 nitrogen and oxygen atoms in total. The van der Waals surface area contributed by atoms with Crippen molar-refractivity contribution in [3.8, 4) is 22.6 Å². The van der Waals surface area contributed by atoms with Crippen molar-refractivity contribution in [3.05, 3.63) is 150 Å². The highest BCUT2D eigenvalue weighted by molar-refractivity contribution is 5.99. The molecule has 5 aliphatic carbocycles. The minimum atomic E-state index is 0.0348. The topological polar surface area (TPSA) is 12.5 Å². The van der Waals surface area contributed by atoms with Crippen LogP contribution in [-0.4, -0.2) is 0 Å². The van der Waals surface area contributed by atoms with E-state index in [0.29, 0.717) is 17.3 Å². The van der Waals surface area contributed by atoms with E-state index in [1.807, 2.05) is 0 Å². The van der Waals surface area contributed by atoms with Crippen LogP contribution >= 0.6 is 0 Å². The lowest BCUT2D eigenvalue weighted by molar-refractivity contribution is -0.235. The fourth-order valence-corrected chi connectivity index (χ4v) is 13.8. The Morgan fingerprint density at radius 2 is 1.30 bits per heavy atom. The second kappa shape index (κ2) is 10.5. The Labute approximate surface area is 320 Å². The van der Waals surface area contributed by atoms with Crippen LogP contribution in [0.2, 0.25) is 0 Å². The maximum absolute atomic E-state index is 6.84. The molecule has 6 atom stereocenters. The Balaban J connectivity index is 1.03. The third-order valence-electron chi connectivity index (χ3n) is 16.0. The lowest BCUT2D eigenvalue weighted by Gasteiger charge is -2.77. The summed E-state index contributed by atoms with van der Waals surface area (Å²) in [5, 5.41) is 2.52. The third kappa shape index (κ3) is 3.83. The second-order valence-electron chi connectivity index (χ2n) is 19.2. The normalized spacial score (nSPS) is 29.6. The van der Waals surface area contributed by atoms with Crippen molar-refractivity contribution >= 4 is 27.8 Å². The number of hydrogen-bond acceptors (Lipinski definition) is 2. The molecule has 0 radical (unpaired) electrons. The summed E-state index contributed by atoms with van der Waals surface area (Å²) >= 11 is 0. The van der Waals surface area contributed by atoms with Crippen LogP contribution in [0.15, 0.2) is 127 Å². The van der Waals surface area contributed by atoms with Gasteiger partial charge in [0.2, 0.25) is 0 Å². The molecule has 2 heteroatoms. The average molecular weight is 704 g/mol. The molecule has 4 saturated carbocycles. The Morgan fingerprint density at radius 3 is 2.17 bits per heavy atom. The number of para-hydroxylation sites is 1. The van der Waals surface area contributed by atoms with E-state index < -0.39 is 0 Å². The molecule has 2 spiro atoms. The van der Waals surface area contributed by atoms with Gasteiger partial charge in [-0.05, 0) is 149 Å². The molecule has 6 aromatic rings. The fourth-order valence-electron chi connectivity index (χ4n) is 13.8. The Morgan fingerprint density at radius 1 is 0.593 bits per heavy atom. The van der Waals surface area contributed by atoms with Gasteiger partial charge in [0.25, 0.3) is 0 Å². The Bertz CT molecular complexity index is 2540. The molecule has 6 unspecified atom stereocenters. The molecule has 6 aliphatic rings. The molecule has 4 fully saturated rings. The molecule has 1 heterocycles. The number of anilines is 3. The fraction of sp³-hybridized carbons (Fsp3) is 0.346. The van der Waals surface area contributed by atoms with Gasteiger partial charge >= 0.3 is 0 Å². The zero-order valence-corrected chi connectivity index (χ0v) is 32.0. The first-order valence-corrected chi connectivity index (χ1v) is 20.6. The largest absolute Gasteiger partial charge is 0.457 e. The minimum Gasteiger partial charge on any atom is -0.457 e. The summed E-state index contributed by atoms with van der Waals surface area (Å²) in [4.78, 5) is 2.52. The van der Waals surface area contributed by atoms with E-state index in [9.17, 15) is 0 Å². The van der Waals surface area contributed by atoms with Gasteiger partial charge in [-0.25, -0.2) is 0 Å². The van der Waals surface area contributed by atoms with E-state index in [1.54, 1.807) is 0 Å². The van der Waals surface area contributed by atoms with E-state index in [0.717, 1.165) is 23.3 Å². The maximum Gasteiger partial charge on any atom is 0.131 e.